The fourth-order valence-corrected chi connectivity index (χ4v) is 1.82. The molecule has 2 aromatic rings. The van der Waals surface area contributed by atoms with E-state index in [0.717, 1.165) is 4.57 Å². The average molecular weight is 233 g/mol. The number of carboxylic acids is 1. The number of nitrogens with zero attached hydrogens (tertiary/aromatic N) is 1. The van der Waals surface area contributed by atoms with Crippen LogP contribution < -0.4 is 5.56 Å². The van der Waals surface area contributed by atoms with E-state index >= 15 is 0 Å². The van der Waals surface area contributed by atoms with Crippen LogP contribution >= 0.6 is 0 Å². The molecule has 0 radical (unpaired) electrons. The van der Waals surface area contributed by atoms with Gasteiger partial charge in [-0.25, -0.2) is 0 Å². The van der Waals surface area contributed by atoms with Crippen LogP contribution in [0.25, 0.3) is 10.9 Å². The summed E-state index contributed by atoms with van der Waals surface area (Å²) in [5.41, 5.74) is 0.0940. The van der Waals surface area contributed by atoms with Gasteiger partial charge in [-0.3, -0.25) is 14.2 Å². The van der Waals surface area contributed by atoms with Crippen molar-refractivity contribution in [3.63, 3.8) is 0 Å². The monoisotopic (exact) mass is 233 g/mol. The smallest absolute Gasteiger partial charge is 0.323 e. The van der Waals surface area contributed by atoms with Crippen LogP contribution in [-0.2, 0) is 11.3 Å². The molecule has 0 spiro atoms. The van der Waals surface area contributed by atoms with Gasteiger partial charge >= 0.3 is 5.97 Å². The summed E-state index contributed by atoms with van der Waals surface area (Å²) in [6, 6.07) is 6.67. The first kappa shape index (κ1) is 11.2. The molecule has 0 aliphatic rings. The number of aliphatic carboxylic acids is 1. The molecule has 2 N–H and O–H groups in total. The summed E-state index contributed by atoms with van der Waals surface area (Å²) in [5, 5.41) is 19.1. The van der Waals surface area contributed by atoms with Gasteiger partial charge in [0.05, 0.1) is 11.1 Å². The summed E-state index contributed by atoms with van der Waals surface area (Å²) < 4.78 is 1.15. The van der Waals surface area contributed by atoms with Crippen molar-refractivity contribution in [3.05, 3.63) is 40.2 Å². The van der Waals surface area contributed by atoms with Crippen LogP contribution in [0.2, 0.25) is 0 Å². The normalized spacial score (nSPS) is 10.6. The van der Waals surface area contributed by atoms with Crippen molar-refractivity contribution >= 4 is 16.9 Å². The van der Waals surface area contributed by atoms with E-state index in [1.54, 1.807) is 24.3 Å². The van der Waals surface area contributed by atoms with Gasteiger partial charge in [0.15, 0.2) is 0 Å². The topological polar surface area (TPSA) is 79.5 Å². The summed E-state index contributed by atoms with van der Waals surface area (Å²) in [4.78, 5) is 22.6. The summed E-state index contributed by atoms with van der Waals surface area (Å²) in [5.74, 6) is -1.19. The molecule has 2 rings (SSSR count). The molecule has 0 saturated heterocycles. The van der Waals surface area contributed by atoms with E-state index in [1.165, 1.54) is 6.92 Å². The highest BCUT2D eigenvalue weighted by atomic mass is 16.4. The summed E-state index contributed by atoms with van der Waals surface area (Å²) in [6.45, 7) is 1.06. The van der Waals surface area contributed by atoms with Crippen molar-refractivity contribution in [1.82, 2.24) is 4.57 Å². The zero-order chi connectivity index (χ0) is 12.6. The van der Waals surface area contributed by atoms with E-state index in [-0.39, 0.29) is 11.3 Å². The quantitative estimate of drug-likeness (QED) is 0.814. The Morgan fingerprint density at radius 3 is 2.65 bits per heavy atom. The second kappa shape index (κ2) is 3.93. The molecular weight excluding hydrogens is 222 g/mol. The third kappa shape index (κ3) is 1.75. The molecule has 5 nitrogen and oxygen atoms in total. The number of fused-ring (bicyclic) bond motifs is 1. The Bertz CT molecular complexity index is 657. The maximum Gasteiger partial charge on any atom is 0.323 e. The van der Waals surface area contributed by atoms with Crippen LogP contribution in [0.1, 0.15) is 5.56 Å². The number of para-hydroxylation sites is 1. The third-order valence-corrected chi connectivity index (χ3v) is 2.66. The predicted molar refractivity (Wildman–Crippen MR) is 62.2 cm³/mol. The van der Waals surface area contributed by atoms with Gasteiger partial charge in [-0.2, -0.15) is 0 Å². The van der Waals surface area contributed by atoms with Gasteiger partial charge in [0.25, 0.3) is 5.56 Å². The highest BCUT2D eigenvalue weighted by Gasteiger charge is 2.14. The maximum atomic E-state index is 11.9. The molecule has 1 aromatic carbocycles. The minimum atomic E-state index is -1.10. The Morgan fingerprint density at radius 1 is 1.35 bits per heavy atom. The molecule has 0 saturated carbocycles. The lowest BCUT2D eigenvalue weighted by Crippen LogP contribution is -2.26. The van der Waals surface area contributed by atoms with Gasteiger partial charge in [-0.15, -0.1) is 0 Å². The van der Waals surface area contributed by atoms with Gasteiger partial charge in [0.1, 0.15) is 12.3 Å². The van der Waals surface area contributed by atoms with Gasteiger partial charge in [0, 0.05) is 5.39 Å². The predicted octanol–water partition coefficient (Wildman–Crippen LogP) is 1.10. The van der Waals surface area contributed by atoms with Crippen molar-refractivity contribution in [2.45, 2.75) is 13.5 Å². The molecule has 1 heterocycles. The van der Waals surface area contributed by atoms with Crippen LogP contribution in [0.15, 0.2) is 29.1 Å². The molecule has 17 heavy (non-hydrogen) atoms. The minimum absolute atomic E-state index is 0.0905. The first-order valence-electron chi connectivity index (χ1n) is 5.05. The standard InChI is InChI=1S/C12H11NO4/c1-7-11(16)8-4-2-3-5-9(8)13(12(7)17)6-10(14)15/h2-5,16H,6H2,1H3,(H,14,15). The Kier molecular flexibility index (Phi) is 2.59. The number of hydrogen-bond donors (Lipinski definition) is 2. The van der Waals surface area contributed by atoms with E-state index in [1.807, 2.05) is 0 Å². The molecule has 0 amide bonds. The van der Waals surface area contributed by atoms with Crippen LogP contribution in [-0.4, -0.2) is 20.7 Å². The van der Waals surface area contributed by atoms with Crippen LogP contribution in [0, 0.1) is 6.92 Å². The highest BCUT2D eigenvalue weighted by molar-refractivity contribution is 5.87. The van der Waals surface area contributed by atoms with E-state index in [2.05, 4.69) is 0 Å². The summed E-state index contributed by atoms with van der Waals surface area (Å²) >= 11 is 0. The van der Waals surface area contributed by atoms with E-state index in [9.17, 15) is 14.7 Å². The number of hydrogen-bond acceptors (Lipinski definition) is 3. The number of aromatic hydroxyl groups is 1. The number of rotatable bonds is 2. The van der Waals surface area contributed by atoms with Crippen LogP contribution in [0.5, 0.6) is 5.75 Å². The summed E-state index contributed by atoms with van der Waals surface area (Å²) in [6.07, 6.45) is 0. The molecule has 1 aromatic heterocycles. The maximum absolute atomic E-state index is 11.9. The lowest BCUT2D eigenvalue weighted by molar-refractivity contribution is -0.137. The third-order valence-electron chi connectivity index (χ3n) is 2.66. The highest BCUT2D eigenvalue weighted by Crippen LogP contribution is 2.25. The molecule has 5 heteroatoms. The van der Waals surface area contributed by atoms with E-state index < -0.39 is 18.1 Å². The molecule has 0 aliphatic heterocycles. The lowest BCUT2D eigenvalue weighted by Gasteiger charge is -2.11. The van der Waals surface area contributed by atoms with Crippen molar-refractivity contribution in [2.24, 2.45) is 0 Å². The Balaban J connectivity index is 2.90. The average Bonchev–Trinajstić information content (AvgIpc) is 2.31. The van der Waals surface area contributed by atoms with Crippen molar-refractivity contribution in [1.29, 1.82) is 0 Å². The van der Waals surface area contributed by atoms with Crippen molar-refractivity contribution in [3.8, 4) is 5.75 Å². The number of carbonyl (C=O) groups is 1. The Labute approximate surface area is 96.5 Å². The number of pyridine rings is 1. The van der Waals surface area contributed by atoms with Crippen molar-refractivity contribution in [2.75, 3.05) is 0 Å². The lowest BCUT2D eigenvalue weighted by atomic mass is 10.1. The SMILES string of the molecule is Cc1c(O)c2ccccc2n(CC(=O)O)c1=O. The second-order valence-corrected chi connectivity index (χ2v) is 3.78. The molecule has 0 unspecified atom stereocenters. The zero-order valence-corrected chi connectivity index (χ0v) is 9.17. The molecule has 0 atom stereocenters. The van der Waals surface area contributed by atoms with Crippen LogP contribution in [0.3, 0.4) is 0 Å². The molecule has 0 bridgehead atoms. The largest absolute Gasteiger partial charge is 0.507 e. The molecule has 88 valence electrons. The minimum Gasteiger partial charge on any atom is -0.507 e. The number of aromatic nitrogens is 1. The molecule has 0 aliphatic carbocycles. The van der Waals surface area contributed by atoms with Gasteiger partial charge in [0.2, 0.25) is 0 Å². The van der Waals surface area contributed by atoms with Crippen molar-refractivity contribution < 1.29 is 15.0 Å². The molecule has 0 fully saturated rings. The fraction of sp³-hybridized carbons (Fsp3) is 0.167. The first-order chi connectivity index (χ1) is 8.02. The van der Waals surface area contributed by atoms with Gasteiger partial charge in [-0.1, -0.05) is 12.1 Å². The number of benzene rings is 1. The summed E-state index contributed by atoms with van der Waals surface area (Å²) in [7, 11) is 0. The zero-order valence-electron chi connectivity index (χ0n) is 9.17. The van der Waals surface area contributed by atoms with Gasteiger partial charge in [-0.05, 0) is 19.1 Å². The second-order valence-electron chi connectivity index (χ2n) is 3.78. The van der Waals surface area contributed by atoms with E-state index in [0.29, 0.717) is 10.9 Å². The fourth-order valence-electron chi connectivity index (χ4n) is 1.82. The first-order valence-corrected chi connectivity index (χ1v) is 5.05. The van der Waals surface area contributed by atoms with Gasteiger partial charge < -0.3 is 10.2 Å². The number of carboxylic acid groups (broad SMARTS) is 1. The Morgan fingerprint density at radius 2 is 2.00 bits per heavy atom. The van der Waals surface area contributed by atoms with E-state index in [4.69, 9.17) is 5.11 Å². The Hall–Kier alpha value is -2.30. The molecular formula is C12H11NO4. The van der Waals surface area contributed by atoms with Crippen LogP contribution in [0.4, 0.5) is 0 Å².